The second kappa shape index (κ2) is 8.08. The first-order valence-corrected chi connectivity index (χ1v) is 9.35. The number of rotatable bonds is 6. The number of aliphatic hydroxyl groups excluding tert-OH is 1. The molecular formula is C21H26N4O4. The average molecular weight is 398 g/mol. The minimum Gasteiger partial charge on any atom is -0.507 e. The fourth-order valence-corrected chi connectivity index (χ4v) is 3.67. The van der Waals surface area contributed by atoms with E-state index in [9.17, 15) is 14.7 Å². The summed E-state index contributed by atoms with van der Waals surface area (Å²) in [4.78, 5) is 29.3. The summed E-state index contributed by atoms with van der Waals surface area (Å²) >= 11 is 0. The van der Waals surface area contributed by atoms with Crippen LogP contribution < -0.4 is 4.74 Å². The predicted molar refractivity (Wildman–Crippen MR) is 109 cm³/mol. The van der Waals surface area contributed by atoms with Crippen LogP contribution in [0.4, 0.5) is 0 Å². The highest BCUT2D eigenvalue weighted by molar-refractivity contribution is 6.46. The van der Waals surface area contributed by atoms with Gasteiger partial charge >= 0.3 is 0 Å². The Labute approximate surface area is 169 Å². The van der Waals surface area contributed by atoms with E-state index in [0.717, 1.165) is 0 Å². The molecule has 154 valence electrons. The molecule has 2 N–H and O–H groups in total. The number of ether oxygens (including phenoxy) is 1. The third kappa shape index (κ3) is 3.63. The molecule has 1 aliphatic rings. The van der Waals surface area contributed by atoms with Crippen LogP contribution in [0.25, 0.3) is 5.76 Å². The number of aliphatic hydroxyl groups is 1. The van der Waals surface area contributed by atoms with Crippen molar-refractivity contribution >= 4 is 17.4 Å². The van der Waals surface area contributed by atoms with E-state index in [1.165, 1.54) is 12.0 Å². The second-order valence-corrected chi connectivity index (χ2v) is 7.35. The van der Waals surface area contributed by atoms with Gasteiger partial charge in [-0.1, -0.05) is 18.2 Å². The molecule has 3 rings (SSSR count). The quantitative estimate of drug-likeness (QED) is 0.439. The van der Waals surface area contributed by atoms with Gasteiger partial charge in [0.25, 0.3) is 11.7 Å². The lowest BCUT2D eigenvalue weighted by molar-refractivity contribution is -0.140. The van der Waals surface area contributed by atoms with E-state index < -0.39 is 17.7 Å². The highest BCUT2D eigenvalue weighted by Gasteiger charge is 2.47. The first-order valence-electron chi connectivity index (χ1n) is 9.35. The molecule has 1 aliphatic heterocycles. The maximum absolute atomic E-state index is 13.0. The number of likely N-dealkylation sites (N-methyl/N-ethyl adjacent to an activating group) is 1. The van der Waals surface area contributed by atoms with Gasteiger partial charge in [-0.05, 0) is 34.0 Å². The minimum atomic E-state index is -0.750. The molecule has 1 amide bonds. The van der Waals surface area contributed by atoms with Crippen molar-refractivity contribution in [3.8, 4) is 5.75 Å². The number of aromatic nitrogens is 2. The van der Waals surface area contributed by atoms with Crippen molar-refractivity contribution in [2.24, 2.45) is 0 Å². The normalized spacial score (nSPS) is 18.7. The third-order valence-corrected chi connectivity index (χ3v) is 5.13. The fourth-order valence-electron chi connectivity index (χ4n) is 3.67. The Morgan fingerprint density at radius 3 is 2.55 bits per heavy atom. The van der Waals surface area contributed by atoms with E-state index in [1.807, 2.05) is 31.1 Å². The van der Waals surface area contributed by atoms with E-state index in [0.29, 0.717) is 41.4 Å². The number of ketones is 1. The van der Waals surface area contributed by atoms with E-state index in [-0.39, 0.29) is 11.3 Å². The van der Waals surface area contributed by atoms with Gasteiger partial charge < -0.3 is 19.6 Å². The number of carbonyl (C=O) groups excluding carboxylic acids is 2. The molecule has 0 aliphatic carbocycles. The average Bonchev–Trinajstić information content (AvgIpc) is 3.16. The molecule has 8 nitrogen and oxygen atoms in total. The Morgan fingerprint density at radius 1 is 1.28 bits per heavy atom. The standard InChI is InChI=1S/C21H26N4O4/c1-12-16(13(2)23-22-12)19(26)17-18(14-8-6-7-9-15(14)29-5)25(11-10-24(3)4)21(28)20(17)27/h6-9,18,26H,10-11H2,1-5H3,(H,22,23)/t18-/m1/s1. The smallest absolute Gasteiger partial charge is 0.295 e. The van der Waals surface area contributed by atoms with Crippen LogP contribution in [-0.4, -0.2) is 71.1 Å². The Morgan fingerprint density at radius 2 is 1.97 bits per heavy atom. The number of amides is 1. The van der Waals surface area contributed by atoms with Crippen LogP contribution in [0, 0.1) is 13.8 Å². The number of Topliss-reactive ketones (excluding diaryl/α,β-unsaturated/α-hetero) is 1. The summed E-state index contributed by atoms with van der Waals surface area (Å²) in [6.45, 7) is 4.40. The number of aromatic amines is 1. The van der Waals surface area contributed by atoms with Crippen molar-refractivity contribution in [2.45, 2.75) is 19.9 Å². The number of benzene rings is 1. The number of likely N-dealkylation sites (tertiary alicyclic amines) is 1. The molecule has 29 heavy (non-hydrogen) atoms. The lowest BCUT2D eigenvalue weighted by Crippen LogP contribution is -2.35. The molecule has 1 atom stereocenters. The maximum Gasteiger partial charge on any atom is 0.295 e. The molecule has 0 bridgehead atoms. The first-order chi connectivity index (χ1) is 13.8. The lowest BCUT2D eigenvalue weighted by Gasteiger charge is -2.27. The topological polar surface area (TPSA) is 98.8 Å². The number of hydrogen-bond acceptors (Lipinski definition) is 6. The monoisotopic (exact) mass is 398 g/mol. The molecule has 2 heterocycles. The zero-order valence-electron chi connectivity index (χ0n) is 17.3. The molecule has 1 aromatic carbocycles. The molecule has 1 fully saturated rings. The first kappa shape index (κ1) is 20.6. The summed E-state index contributed by atoms with van der Waals surface area (Å²) in [7, 11) is 5.33. The Hall–Kier alpha value is -3.13. The molecular weight excluding hydrogens is 372 g/mol. The van der Waals surface area contributed by atoms with Crippen LogP contribution >= 0.6 is 0 Å². The van der Waals surface area contributed by atoms with Gasteiger partial charge in [0.05, 0.1) is 30.0 Å². The Balaban J connectivity index is 2.23. The summed E-state index contributed by atoms with van der Waals surface area (Å²) in [6, 6.07) is 6.47. The largest absolute Gasteiger partial charge is 0.507 e. The highest BCUT2D eigenvalue weighted by atomic mass is 16.5. The number of hydrogen-bond donors (Lipinski definition) is 2. The Kier molecular flexibility index (Phi) is 5.74. The predicted octanol–water partition coefficient (Wildman–Crippen LogP) is 2.02. The van der Waals surface area contributed by atoms with Gasteiger partial charge in [0.15, 0.2) is 0 Å². The van der Waals surface area contributed by atoms with Gasteiger partial charge in [-0.3, -0.25) is 14.7 Å². The number of carbonyl (C=O) groups is 2. The molecule has 8 heteroatoms. The summed E-state index contributed by atoms with van der Waals surface area (Å²) in [5, 5.41) is 18.0. The van der Waals surface area contributed by atoms with Crippen LogP contribution in [0.5, 0.6) is 5.75 Å². The van der Waals surface area contributed by atoms with Crippen molar-refractivity contribution < 1.29 is 19.4 Å². The van der Waals surface area contributed by atoms with Gasteiger partial charge in [0.1, 0.15) is 11.5 Å². The molecule has 0 saturated carbocycles. The van der Waals surface area contributed by atoms with Crippen LogP contribution in [-0.2, 0) is 9.59 Å². The van der Waals surface area contributed by atoms with E-state index in [2.05, 4.69) is 10.2 Å². The second-order valence-electron chi connectivity index (χ2n) is 7.35. The van der Waals surface area contributed by atoms with Crippen molar-refractivity contribution in [1.29, 1.82) is 0 Å². The van der Waals surface area contributed by atoms with Crippen LogP contribution in [0.15, 0.2) is 29.8 Å². The zero-order valence-corrected chi connectivity index (χ0v) is 17.3. The fraction of sp³-hybridized carbons (Fsp3) is 0.381. The summed E-state index contributed by atoms with van der Waals surface area (Å²) < 4.78 is 5.49. The molecule has 1 saturated heterocycles. The van der Waals surface area contributed by atoms with Crippen molar-refractivity contribution in [2.75, 3.05) is 34.3 Å². The number of H-pyrrole nitrogens is 1. The molecule has 0 radical (unpaired) electrons. The van der Waals surface area contributed by atoms with Crippen molar-refractivity contribution in [3.05, 3.63) is 52.4 Å². The Bertz CT molecular complexity index is 957. The van der Waals surface area contributed by atoms with E-state index in [1.54, 1.807) is 26.0 Å². The number of nitrogens with one attached hydrogen (secondary N) is 1. The van der Waals surface area contributed by atoms with Crippen LogP contribution in [0.1, 0.15) is 28.6 Å². The summed E-state index contributed by atoms with van der Waals surface area (Å²) in [5.74, 6) is -1.03. The molecule has 2 aromatic rings. The van der Waals surface area contributed by atoms with Gasteiger partial charge in [-0.25, -0.2) is 0 Å². The number of nitrogens with zero attached hydrogens (tertiary/aromatic N) is 3. The molecule has 1 aromatic heterocycles. The minimum absolute atomic E-state index is 0.0471. The van der Waals surface area contributed by atoms with Gasteiger partial charge in [0.2, 0.25) is 0 Å². The van der Waals surface area contributed by atoms with E-state index >= 15 is 0 Å². The molecule has 0 spiro atoms. The van der Waals surface area contributed by atoms with Crippen LogP contribution in [0.3, 0.4) is 0 Å². The SMILES string of the molecule is COc1ccccc1[C@@H]1C(=C(O)c2c(C)n[nH]c2C)C(=O)C(=O)N1CCN(C)C. The lowest BCUT2D eigenvalue weighted by atomic mass is 9.94. The van der Waals surface area contributed by atoms with Crippen molar-refractivity contribution in [1.82, 2.24) is 20.0 Å². The zero-order chi connectivity index (χ0) is 21.3. The highest BCUT2D eigenvalue weighted by Crippen LogP contribution is 2.42. The van der Waals surface area contributed by atoms with Crippen molar-refractivity contribution in [3.63, 3.8) is 0 Å². The van der Waals surface area contributed by atoms with Crippen LogP contribution in [0.2, 0.25) is 0 Å². The number of aryl methyl sites for hydroxylation is 2. The van der Waals surface area contributed by atoms with Gasteiger partial charge in [-0.15, -0.1) is 0 Å². The van der Waals surface area contributed by atoms with Gasteiger partial charge in [0, 0.05) is 24.3 Å². The van der Waals surface area contributed by atoms with E-state index in [4.69, 9.17) is 4.74 Å². The number of methoxy groups -OCH3 is 1. The third-order valence-electron chi connectivity index (χ3n) is 5.13. The summed E-state index contributed by atoms with van der Waals surface area (Å²) in [6.07, 6.45) is 0. The molecule has 0 unspecified atom stereocenters. The van der Waals surface area contributed by atoms with Gasteiger partial charge in [-0.2, -0.15) is 5.10 Å². The summed E-state index contributed by atoms with van der Waals surface area (Å²) in [5.41, 5.74) is 2.31. The maximum atomic E-state index is 13.0. The number of para-hydroxylation sites is 1.